The Balaban J connectivity index is 1.84. The number of carbonyl (C=O) groups excluding carboxylic acids is 1. The zero-order valence-corrected chi connectivity index (χ0v) is 11.6. The second-order valence-corrected chi connectivity index (χ2v) is 5.23. The van der Waals surface area contributed by atoms with E-state index in [0.29, 0.717) is 12.0 Å². The Hall–Kier alpha value is -1.69. The Labute approximate surface area is 122 Å². The largest absolute Gasteiger partial charge is 0.435 e. The summed E-state index contributed by atoms with van der Waals surface area (Å²) < 4.78 is 28.3. The summed E-state index contributed by atoms with van der Waals surface area (Å²) in [6.45, 7) is -2.85. The minimum absolute atomic E-state index is 0.0665. The first-order valence-corrected chi connectivity index (χ1v) is 7.06. The molecule has 1 aromatic rings. The lowest BCUT2D eigenvalue weighted by Crippen LogP contribution is -2.45. The molecule has 0 spiro atoms. The highest BCUT2D eigenvalue weighted by Gasteiger charge is 2.24. The van der Waals surface area contributed by atoms with Gasteiger partial charge in [-0.1, -0.05) is 25.0 Å². The standard InChI is InChI=1S/C15H19F2NO3/c16-15(17)21-11-7-5-10(6-8-11)9-14(20)18-12-3-1-2-4-13(12)19/h5-8,12-13,15,19H,1-4,9H2,(H,18,20)/t12-,13-/m1/s1. The molecule has 1 aliphatic carbocycles. The van der Waals surface area contributed by atoms with E-state index in [4.69, 9.17) is 0 Å². The van der Waals surface area contributed by atoms with Gasteiger partial charge in [0.15, 0.2) is 0 Å². The number of aliphatic hydroxyl groups is 1. The zero-order chi connectivity index (χ0) is 15.2. The maximum absolute atomic E-state index is 12.0. The van der Waals surface area contributed by atoms with E-state index in [1.54, 1.807) is 12.1 Å². The molecule has 116 valence electrons. The van der Waals surface area contributed by atoms with Crippen molar-refractivity contribution < 1.29 is 23.4 Å². The fourth-order valence-electron chi connectivity index (χ4n) is 2.51. The average Bonchev–Trinajstić information content (AvgIpc) is 2.43. The van der Waals surface area contributed by atoms with Crippen molar-refractivity contribution in [2.45, 2.75) is 50.9 Å². The van der Waals surface area contributed by atoms with Crippen molar-refractivity contribution in [2.24, 2.45) is 0 Å². The molecule has 0 heterocycles. The predicted octanol–water partition coefficient (Wildman–Crippen LogP) is 2.25. The van der Waals surface area contributed by atoms with Crippen LogP contribution in [0.2, 0.25) is 0 Å². The minimum atomic E-state index is -2.85. The number of benzene rings is 1. The molecular weight excluding hydrogens is 280 g/mol. The summed E-state index contributed by atoms with van der Waals surface area (Å²) in [5.41, 5.74) is 0.708. The van der Waals surface area contributed by atoms with Crippen molar-refractivity contribution in [1.29, 1.82) is 0 Å². The van der Waals surface area contributed by atoms with Crippen molar-refractivity contribution in [1.82, 2.24) is 5.32 Å². The van der Waals surface area contributed by atoms with Crippen LogP contribution in [0, 0.1) is 0 Å². The summed E-state index contributed by atoms with van der Waals surface area (Å²) in [4.78, 5) is 11.9. The molecule has 0 unspecified atom stereocenters. The van der Waals surface area contributed by atoms with Crippen LogP contribution in [0.1, 0.15) is 31.2 Å². The lowest BCUT2D eigenvalue weighted by atomic mass is 9.92. The molecule has 0 aliphatic heterocycles. The molecule has 1 fully saturated rings. The first-order valence-electron chi connectivity index (χ1n) is 7.06. The first kappa shape index (κ1) is 15.7. The Morgan fingerprint density at radius 1 is 1.29 bits per heavy atom. The van der Waals surface area contributed by atoms with Gasteiger partial charge in [-0.2, -0.15) is 8.78 Å². The van der Waals surface area contributed by atoms with Crippen LogP contribution in [0.25, 0.3) is 0 Å². The van der Waals surface area contributed by atoms with E-state index < -0.39 is 12.7 Å². The third-order valence-electron chi connectivity index (χ3n) is 3.59. The molecule has 0 bridgehead atoms. The molecular formula is C15H19F2NO3. The molecule has 1 amide bonds. The maximum atomic E-state index is 12.0. The topological polar surface area (TPSA) is 58.6 Å². The van der Waals surface area contributed by atoms with E-state index in [1.807, 2.05) is 0 Å². The number of alkyl halides is 2. The molecule has 6 heteroatoms. The summed E-state index contributed by atoms with van der Waals surface area (Å²) in [6, 6.07) is 5.78. The van der Waals surface area contributed by atoms with Gasteiger partial charge in [-0.15, -0.1) is 0 Å². The summed E-state index contributed by atoms with van der Waals surface area (Å²) in [6.07, 6.45) is 3.15. The number of amides is 1. The van der Waals surface area contributed by atoms with Gasteiger partial charge in [0, 0.05) is 0 Å². The quantitative estimate of drug-likeness (QED) is 0.876. The van der Waals surface area contributed by atoms with Gasteiger partial charge in [-0.05, 0) is 30.5 Å². The third kappa shape index (κ3) is 4.97. The molecule has 1 aliphatic rings. The summed E-state index contributed by atoms with van der Waals surface area (Å²) in [5, 5.41) is 12.6. The SMILES string of the molecule is O=C(Cc1ccc(OC(F)F)cc1)N[C@@H]1CCCC[C@H]1O. The van der Waals surface area contributed by atoms with Crippen LogP contribution >= 0.6 is 0 Å². The molecule has 1 aromatic carbocycles. The van der Waals surface area contributed by atoms with Crippen LogP contribution in [0.15, 0.2) is 24.3 Å². The highest BCUT2D eigenvalue weighted by atomic mass is 19.3. The molecule has 2 rings (SSSR count). The average molecular weight is 299 g/mol. The van der Waals surface area contributed by atoms with Crippen LogP contribution in [0.5, 0.6) is 5.75 Å². The van der Waals surface area contributed by atoms with E-state index in [9.17, 15) is 18.7 Å². The maximum Gasteiger partial charge on any atom is 0.387 e. The van der Waals surface area contributed by atoms with Crippen LogP contribution in [0.3, 0.4) is 0 Å². The van der Waals surface area contributed by atoms with Gasteiger partial charge < -0.3 is 15.2 Å². The first-order chi connectivity index (χ1) is 10.0. The van der Waals surface area contributed by atoms with E-state index in [2.05, 4.69) is 10.1 Å². The van der Waals surface area contributed by atoms with Gasteiger partial charge in [-0.3, -0.25) is 4.79 Å². The number of rotatable bonds is 5. The van der Waals surface area contributed by atoms with Crippen molar-refractivity contribution in [3.05, 3.63) is 29.8 Å². The smallest absolute Gasteiger partial charge is 0.387 e. The van der Waals surface area contributed by atoms with Crippen LogP contribution in [-0.4, -0.2) is 29.8 Å². The van der Waals surface area contributed by atoms with Crippen molar-refractivity contribution in [3.63, 3.8) is 0 Å². The molecule has 2 atom stereocenters. The third-order valence-corrected chi connectivity index (χ3v) is 3.59. The second-order valence-electron chi connectivity index (χ2n) is 5.23. The fraction of sp³-hybridized carbons (Fsp3) is 0.533. The van der Waals surface area contributed by atoms with Crippen LogP contribution in [0.4, 0.5) is 8.78 Å². The van der Waals surface area contributed by atoms with Gasteiger partial charge in [0.1, 0.15) is 5.75 Å². The van der Waals surface area contributed by atoms with Crippen LogP contribution in [-0.2, 0) is 11.2 Å². The predicted molar refractivity (Wildman–Crippen MR) is 73.2 cm³/mol. The Morgan fingerprint density at radius 3 is 2.57 bits per heavy atom. The molecule has 0 radical (unpaired) electrons. The lowest BCUT2D eigenvalue weighted by molar-refractivity contribution is -0.122. The van der Waals surface area contributed by atoms with Crippen molar-refractivity contribution >= 4 is 5.91 Å². The van der Waals surface area contributed by atoms with E-state index >= 15 is 0 Å². The van der Waals surface area contributed by atoms with E-state index in [1.165, 1.54) is 12.1 Å². The minimum Gasteiger partial charge on any atom is -0.435 e. The Bertz CT molecular complexity index is 464. The monoisotopic (exact) mass is 299 g/mol. The van der Waals surface area contributed by atoms with Crippen LogP contribution < -0.4 is 10.1 Å². The number of nitrogens with one attached hydrogen (secondary N) is 1. The lowest BCUT2D eigenvalue weighted by Gasteiger charge is -2.28. The number of halogens is 2. The number of carbonyl (C=O) groups is 1. The van der Waals surface area contributed by atoms with Gasteiger partial charge in [0.2, 0.25) is 5.91 Å². The molecule has 0 aromatic heterocycles. The summed E-state index contributed by atoms with van der Waals surface area (Å²) in [5.74, 6) is -0.111. The van der Waals surface area contributed by atoms with Gasteiger partial charge in [0.25, 0.3) is 0 Å². The summed E-state index contributed by atoms with van der Waals surface area (Å²) >= 11 is 0. The van der Waals surface area contributed by atoms with E-state index in [-0.39, 0.29) is 24.1 Å². The van der Waals surface area contributed by atoms with Gasteiger partial charge in [-0.25, -0.2) is 0 Å². The number of aliphatic hydroxyl groups excluding tert-OH is 1. The molecule has 1 saturated carbocycles. The van der Waals surface area contributed by atoms with Gasteiger partial charge in [0.05, 0.1) is 18.6 Å². The highest BCUT2D eigenvalue weighted by Crippen LogP contribution is 2.19. The Kier molecular flexibility index (Phi) is 5.50. The van der Waals surface area contributed by atoms with E-state index in [0.717, 1.165) is 19.3 Å². The zero-order valence-electron chi connectivity index (χ0n) is 11.6. The van der Waals surface area contributed by atoms with Crippen molar-refractivity contribution in [2.75, 3.05) is 0 Å². The fourth-order valence-corrected chi connectivity index (χ4v) is 2.51. The molecule has 0 saturated heterocycles. The normalized spacial score (nSPS) is 22.1. The number of hydrogen-bond donors (Lipinski definition) is 2. The number of ether oxygens (including phenoxy) is 1. The number of hydrogen-bond acceptors (Lipinski definition) is 3. The highest BCUT2D eigenvalue weighted by molar-refractivity contribution is 5.79. The molecule has 4 nitrogen and oxygen atoms in total. The van der Waals surface area contributed by atoms with Crippen molar-refractivity contribution in [3.8, 4) is 5.75 Å². The Morgan fingerprint density at radius 2 is 1.95 bits per heavy atom. The van der Waals surface area contributed by atoms with Gasteiger partial charge >= 0.3 is 6.61 Å². The second kappa shape index (κ2) is 7.36. The summed E-state index contributed by atoms with van der Waals surface area (Å²) in [7, 11) is 0. The molecule has 2 N–H and O–H groups in total. The molecule has 21 heavy (non-hydrogen) atoms.